The summed E-state index contributed by atoms with van der Waals surface area (Å²) in [4.78, 5) is 14.9. The molecule has 1 aromatic heterocycles. The van der Waals surface area contributed by atoms with Crippen LogP contribution in [-0.4, -0.2) is 22.7 Å². The number of hydroxylamine groups is 1. The predicted molar refractivity (Wildman–Crippen MR) is 72.5 cm³/mol. The van der Waals surface area contributed by atoms with Gasteiger partial charge in [0, 0.05) is 12.1 Å². The van der Waals surface area contributed by atoms with E-state index in [2.05, 4.69) is 4.98 Å². The van der Waals surface area contributed by atoms with Crippen LogP contribution in [0.5, 0.6) is 5.75 Å². The number of hydrogen-bond donors (Lipinski definition) is 3. The van der Waals surface area contributed by atoms with Gasteiger partial charge in [0.15, 0.2) is 0 Å². The molecule has 9 heteroatoms. The number of amides is 1. The Kier molecular flexibility index (Phi) is 25.1. The first-order valence-corrected chi connectivity index (χ1v) is 6.21. The smallest absolute Gasteiger partial charge is 1.00 e. The van der Waals surface area contributed by atoms with E-state index < -0.39 is 0 Å². The van der Waals surface area contributed by atoms with E-state index in [1.54, 1.807) is 11.7 Å². The third-order valence-corrected chi connectivity index (χ3v) is 2.58. The number of carbonyl (C=O) groups excluding carboxylic acids is 1. The first-order chi connectivity index (χ1) is 8.72. The normalized spacial score (nSPS) is 8.27. The number of halogens is 2. The number of nitrogens with one attached hydrogen (secondary N) is 1. The predicted octanol–water partition coefficient (Wildman–Crippen LogP) is -3.61. The van der Waals surface area contributed by atoms with Gasteiger partial charge in [0.25, 0.3) is 0 Å². The third kappa shape index (κ3) is 14.5. The number of aromatic nitrogens is 1. The molecule has 0 radical (unpaired) electrons. The molecule has 1 heterocycles. The summed E-state index contributed by atoms with van der Waals surface area (Å²) >= 11 is 0. The van der Waals surface area contributed by atoms with Crippen molar-refractivity contribution >= 4 is 5.91 Å². The van der Waals surface area contributed by atoms with Crippen LogP contribution in [0.2, 0.25) is 0 Å². The molecule has 0 unspecified atom stereocenters. The van der Waals surface area contributed by atoms with Crippen molar-refractivity contribution in [3.8, 4) is 5.75 Å². The molecule has 22 heavy (non-hydrogen) atoms. The van der Waals surface area contributed by atoms with Gasteiger partial charge in [-0.3, -0.25) is 15.0 Å². The summed E-state index contributed by atoms with van der Waals surface area (Å²) in [6.45, 7) is 2.60. The Morgan fingerprint density at radius 2 is 1.86 bits per heavy atom. The number of rotatable bonds is 8. The molecule has 0 atom stereocenters. The first-order valence-electron chi connectivity index (χ1n) is 6.21. The number of aryl methyl sites for hydroxylation is 1. The van der Waals surface area contributed by atoms with Gasteiger partial charge in [-0.05, 0) is 31.9 Å². The van der Waals surface area contributed by atoms with Gasteiger partial charge in [0.2, 0.25) is 5.91 Å². The SMILES string of the molecule is Cc1ccc(OCCCCCCC(=O)NO)cn1.N.[Cl-].[Cl-].[Pt+2]. The number of nitrogens with zero attached hydrogens (tertiary/aromatic N) is 1. The topological polar surface area (TPSA) is 106 Å². The maximum Gasteiger partial charge on any atom is 2.00 e. The average Bonchev–Trinajstić information content (AvgIpc) is 2.39. The molecule has 1 rings (SSSR count). The summed E-state index contributed by atoms with van der Waals surface area (Å²) in [5, 5.41) is 8.30. The second-order valence-corrected chi connectivity index (χ2v) is 4.18. The molecule has 6 nitrogen and oxygen atoms in total. The van der Waals surface area contributed by atoms with Crippen molar-refractivity contribution in [3.05, 3.63) is 24.0 Å². The molecular weight excluding hydrogens is 512 g/mol. The van der Waals surface area contributed by atoms with Gasteiger partial charge in [-0.2, -0.15) is 0 Å². The quantitative estimate of drug-likeness (QED) is 0.181. The third-order valence-electron chi connectivity index (χ3n) is 2.58. The van der Waals surface area contributed by atoms with Crippen LogP contribution in [-0.2, 0) is 25.9 Å². The van der Waals surface area contributed by atoms with Gasteiger partial charge >= 0.3 is 21.1 Å². The fraction of sp³-hybridized carbons (Fsp3) is 0.538. The molecule has 0 saturated carbocycles. The number of pyridine rings is 1. The Bertz CT molecular complexity index is 370. The molecule has 1 amide bonds. The largest absolute Gasteiger partial charge is 2.00 e. The van der Waals surface area contributed by atoms with Crippen LogP contribution in [0.25, 0.3) is 0 Å². The maximum atomic E-state index is 10.7. The zero-order chi connectivity index (χ0) is 13.2. The maximum absolute atomic E-state index is 10.7. The van der Waals surface area contributed by atoms with Gasteiger partial charge < -0.3 is 35.7 Å². The zero-order valence-corrected chi connectivity index (χ0v) is 16.2. The fourth-order valence-corrected chi connectivity index (χ4v) is 1.53. The minimum absolute atomic E-state index is 0. The van der Waals surface area contributed by atoms with E-state index in [0.29, 0.717) is 13.0 Å². The summed E-state index contributed by atoms with van der Waals surface area (Å²) in [5.41, 5.74) is 2.60. The van der Waals surface area contributed by atoms with E-state index in [1.165, 1.54) is 0 Å². The van der Waals surface area contributed by atoms with Crippen molar-refractivity contribution in [3.63, 3.8) is 0 Å². The van der Waals surface area contributed by atoms with E-state index in [4.69, 9.17) is 9.94 Å². The van der Waals surface area contributed by atoms with Crippen molar-refractivity contribution in [2.45, 2.75) is 39.0 Å². The minimum Gasteiger partial charge on any atom is -1.00 e. The molecule has 0 saturated heterocycles. The second kappa shape index (κ2) is 18.7. The molecule has 0 aliphatic carbocycles. The summed E-state index contributed by atoms with van der Waals surface area (Å²) in [7, 11) is 0. The molecule has 0 aliphatic heterocycles. The van der Waals surface area contributed by atoms with Crippen molar-refractivity contribution in [1.82, 2.24) is 16.6 Å². The van der Waals surface area contributed by atoms with Crippen LogP contribution in [0.4, 0.5) is 0 Å². The summed E-state index contributed by atoms with van der Waals surface area (Å²) in [5.74, 6) is 0.470. The molecule has 132 valence electrons. The van der Waals surface area contributed by atoms with Gasteiger partial charge in [0.05, 0.1) is 12.8 Å². The Labute approximate surface area is 158 Å². The minimum atomic E-state index is -0.322. The number of ether oxygens (including phenoxy) is 1. The number of hydrogen-bond acceptors (Lipinski definition) is 5. The van der Waals surface area contributed by atoms with Gasteiger partial charge in [-0.25, -0.2) is 5.48 Å². The Balaban J connectivity index is -0.000000405. The second-order valence-electron chi connectivity index (χ2n) is 4.18. The number of unbranched alkanes of at least 4 members (excludes halogenated alkanes) is 3. The number of carbonyl (C=O) groups is 1. The van der Waals surface area contributed by atoms with Crippen LogP contribution < -0.4 is 41.2 Å². The monoisotopic (exact) mass is 534 g/mol. The molecule has 0 aliphatic rings. The standard InChI is InChI=1S/C13H20N2O3.2ClH.H3N.Pt/c1-11-7-8-12(10-14-11)18-9-5-3-2-4-6-13(16)15-17;;;;/h7-8,10,17H,2-6,9H2,1H3,(H,15,16);2*1H;1H3;/q;;;;+2/p-2. The van der Waals surface area contributed by atoms with Crippen molar-refractivity contribution in [1.29, 1.82) is 0 Å². The van der Waals surface area contributed by atoms with Crippen LogP contribution in [0, 0.1) is 6.92 Å². The van der Waals surface area contributed by atoms with Crippen molar-refractivity contribution in [2.24, 2.45) is 0 Å². The zero-order valence-electron chi connectivity index (χ0n) is 12.5. The molecule has 5 N–H and O–H groups in total. The van der Waals surface area contributed by atoms with E-state index in [-0.39, 0.29) is 57.9 Å². The van der Waals surface area contributed by atoms with Crippen LogP contribution in [0.15, 0.2) is 18.3 Å². The van der Waals surface area contributed by atoms with E-state index >= 15 is 0 Å². The fourth-order valence-electron chi connectivity index (χ4n) is 1.53. The van der Waals surface area contributed by atoms with Crippen molar-refractivity contribution in [2.75, 3.05) is 6.61 Å². The van der Waals surface area contributed by atoms with Gasteiger partial charge in [0.1, 0.15) is 5.75 Å². The van der Waals surface area contributed by atoms with Crippen LogP contribution in [0.3, 0.4) is 0 Å². The van der Waals surface area contributed by atoms with Gasteiger partial charge in [-0.1, -0.05) is 12.8 Å². The Morgan fingerprint density at radius 3 is 2.41 bits per heavy atom. The molecule has 0 bridgehead atoms. The molecular formula is C13H23Cl2N3O3Pt. The van der Waals surface area contributed by atoms with Gasteiger partial charge in [-0.15, -0.1) is 0 Å². The van der Waals surface area contributed by atoms with E-state index in [1.807, 2.05) is 19.1 Å². The Hall–Kier alpha value is -0.392. The van der Waals surface area contributed by atoms with E-state index in [0.717, 1.165) is 37.1 Å². The van der Waals surface area contributed by atoms with Crippen molar-refractivity contribution < 1.29 is 60.6 Å². The molecule has 1 aromatic rings. The first kappa shape index (κ1) is 29.6. The molecule has 0 fully saturated rings. The average molecular weight is 535 g/mol. The molecule has 0 aromatic carbocycles. The summed E-state index contributed by atoms with van der Waals surface area (Å²) < 4.78 is 5.53. The van der Waals surface area contributed by atoms with Crippen LogP contribution >= 0.6 is 0 Å². The van der Waals surface area contributed by atoms with E-state index in [9.17, 15) is 4.79 Å². The summed E-state index contributed by atoms with van der Waals surface area (Å²) in [6.07, 6.45) is 5.81. The van der Waals surface area contributed by atoms with Crippen LogP contribution in [0.1, 0.15) is 37.8 Å². The molecule has 0 spiro atoms. The summed E-state index contributed by atoms with van der Waals surface area (Å²) in [6, 6.07) is 3.83. The Morgan fingerprint density at radius 1 is 1.23 bits per heavy atom.